The van der Waals surface area contributed by atoms with Crippen molar-refractivity contribution in [2.24, 2.45) is 5.73 Å². The molecule has 3 nitrogen and oxygen atoms in total. The van der Waals surface area contributed by atoms with Crippen LogP contribution in [0.4, 0.5) is 0 Å². The average Bonchev–Trinajstić information content (AvgIpc) is 2.27. The molecule has 1 unspecified atom stereocenters. The van der Waals surface area contributed by atoms with E-state index in [0.717, 1.165) is 11.1 Å². The molecule has 0 fully saturated rings. The largest absolute Gasteiger partial charge is 0.351 e. The molecule has 2 rings (SSSR count). The monoisotopic (exact) mass is 210 g/mol. The highest BCUT2D eigenvalue weighted by atomic mass is 35.5. The van der Waals surface area contributed by atoms with E-state index in [4.69, 9.17) is 17.3 Å². The highest BCUT2D eigenvalue weighted by molar-refractivity contribution is 6.30. The second-order valence-corrected chi connectivity index (χ2v) is 3.88. The van der Waals surface area contributed by atoms with E-state index in [1.807, 2.05) is 18.2 Å². The van der Waals surface area contributed by atoms with Crippen LogP contribution >= 0.6 is 11.6 Å². The summed E-state index contributed by atoms with van der Waals surface area (Å²) in [6.07, 6.45) is 0.557. The van der Waals surface area contributed by atoms with Gasteiger partial charge >= 0.3 is 0 Å². The Morgan fingerprint density at radius 1 is 1.43 bits per heavy atom. The number of fused-ring (bicyclic) bond motifs is 1. The summed E-state index contributed by atoms with van der Waals surface area (Å²) in [5.74, 6) is -0.0997. The van der Waals surface area contributed by atoms with Gasteiger partial charge < -0.3 is 11.1 Å². The molecule has 0 spiro atoms. The molecular formula is C10H11ClN2O. The van der Waals surface area contributed by atoms with Crippen LogP contribution in [0.15, 0.2) is 18.2 Å². The van der Waals surface area contributed by atoms with E-state index in [1.165, 1.54) is 0 Å². The van der Waals surface area contributed by atoms with Crippen molar-refractivity contribution in [3.05, 3.63) is 34.3 Å². The zero-order valence-corrected chi connectivity index (χ0v) is 8.34. The highest BCUT2D eigenvalue weighted by Crippen LogP contribution is 2.19. The maximum atomic E-state index is 11.3. The Morgan fingerprint density at radius 2 is 2.21 bits per heavy atom. The number of benzene rings is 1. The first kappa shape index (κ1) is 9.49. The quantitative estimate of drug-likeness (QED) is 0.667. The third-order valence-electron chi connectivity index (χ3n) is 2.40. The molecule has 1 aliphatic heterocycles. The Hall–Kier alpha value is -1.06. The van der Waals surface area contributed by atoms with E-state index in [1.54, 1.807) is 0 Å². The lowest BCUT2D eigenvalue weighted by atomic mass is 10.0. The van der Waals surface area contributed by atoms with Gasteiger partial charge in [-0.05, 0) is 29.7 Å². The topological polar surface area (TPSA) is 55.1 Å². The SMILES string of the molecule is NC1Cc2cc(Cl)ccc2CNC1=O. The van der Waals surface area contributed by atoms with Crippen molar-refractivity contribution in [1.82, 2.24) is 5.32 Å². The van der Waals surface area contributed by atoms with Gasteiger partial charge in [0.2, 0.25) is 5.91 Å². The lowest BCUT2D eigenvalue weighted by Crippen LogP contribution is -2.39. The van der Waals surface area contributed by atoms with E-state index in [9.17, 15) is 4.79 Å². The molecule has 1 aromatic rings. The number of carbonyl (C=O) groups excluding carboxylic acids is 1. The molecule has 0 saturated heterocycles. The summed E-state index contributed by atoms with van der Waals surface area (Å²) in [4.78, 5) is 11.3. The Labute approximate surface area is 87.2 Å². The Morgan fingerprint density at radius 3 is 3.00 bits per heavy atom. The number of hydrogen-bond acceptors (Lipinski definition) is 2. The standard InChI is InChI=1S/C10H11ClN2O/c11-8-2-1-6-5-13-10(14)9(12)4-7(6)3-8/h1-3,9H,4-5,12H2,(H,13,14). The van der Waals surface area contributed by atoms with Crippen LogP contribution in [-0.2, 0) is 17.8 Å². The molecule has 1 aromatic carbocycles. The lowest BCUT2D eigenvalue weighted by molar-refractivity contribution is -0.122. The minimum atomic E-state index is -0.463. The number of nitrogens with two attached hydrogens (primary N) is 1. The number of amides is 1. The minimum Gasteiger partial charge on any atom is -0.351 e. The molecule has 3 N–H and O–H groups in total. The average molecular weight is 211 g/mol. The molecule has 0 bridgehead atoms. The van der Waals surface area contributed by atoms with Crippen LogP contribution in [0, 0.1) is 0 Å². The Bertz CT molecular complexity index is 378. The Kier molecular flexibility index (Phi) is 2.44. The van der Waals surface area contributed by atoms with Gasteiger partial charge in [-0.15, -0.1) is 0 Å². The van der Waals surface area contributed by atoms with Crippen molar-refractivity contribution in [2.75, 3.05) is 0 Å². The molecule has 74 valence electrons. The zero-order valence-electron chi connectivity index (χ0n) is 7.59. The fourth-order valence-electron chi connectivity index (χ4n) is 1.60. The van der Waals surface area contributed by atoms with Gasteiger partial charge in [-0.1, -0.05) is 17.7 Å². The van der Waals surface area contributed by atoms with Crippen molar-refractivity contribution in [2.45, 2.75) is 19.0 Å². The van der Waals surface area contributed by atoms with Crippen LogP contribution in [0.25, 0.3) is 0 Å². The van der Waals surface area contributed by atoms with E-state index >= 15 is 0 Å². The highest BCUT2D eigenvalue weighted by Gasteiger charge is 2.19. The molecule has 0 radical (unpaired) electrons. The van der Waals surface area contributed by atoms with Gasteiger partial charge in [0.15, 0.2) is 0 Å². The van der Waals surface area contributed by atoms with Crippen LogP contribution in [0.3, 0.4) is 0 Å². The predicted octanol–water partition coefficient (Wildman–Crippen LogP) is 0.840. The maximum absolute atomic E-state index is 11.3. The molecule has 1 aliphatic rings. The van der Waals surface area contributed by atoms with Crippen LogP contribution < -0.4 is 11.1 Å². The molecule has 0 saturated carbocycles. The normalized spacial score (nSPS) is 21.0. The molecule has 1 amide bonds. The van der Waals surface area contributed by atoms with Crippen molar-refractivity contribution in [1.29, 1.82) is 0 Å². The van der Waals surface area contributed by atoms with Crippen LogP contribution in [-0.4, -0.2) is 11.9 Å². The maximum Gasteiger partial charge on any atom is 0.237 e. The summed E-state index contributed by atoms with van der Waals surface area (Å²) in [5, 5.41) is 3.45. The first-order valence-electron chi connectivity index (χ1n) is 4.47. The number of nitrogens with one attached hydrogen (secondary N) is 1. The molecule has 4 heteroatoms. The summed E-state index contributed by atoms with van der Waals surface area (Å²) in [7, 11) is 0. The number of halogens is 1. The van der Waals surface area contributed by atoms with E-state index in [0.29, 0.717) is 18.0 Å². The van der Waals surface area contributed by atoms with Crippen LogP contribution in [0.2, 0.25) is 5.02 Å². The summed E-state index contributed by atoms with van der Waals surface area (Å²) in [6, 6.07) is 5.16. The smallest absolute Gasteiger partial charge is 0.237 e. The number of rotatable bonds is 0. The fraction of sp³-hybridized carbons (Fsp3) is 0.300. The van der Waals surface area contributed by atoms with Crippen molar-refractivity contribution in [3.63, 3.8) is 0 Å². The summed E-state index contributed by atoms with van der Waals surface area (Å²) in [5.41, 5.74) is 7.84. The molecule has 1 heterocycles. The molecular weight excluding hydrogens is 200 g/mol. The van der Waals surface area contributed by atoms with Crippen molar-refractivity contribution < 1.29 is 4.79 Å². The minimum absolute atomic E-state index is 0.0997. The lowest BCUT2D eigenvalue weighted by Gasteiger charge is -2.06. The first-order valence-corrected chi connectivity index (χ1v) is 4.85. The fourth-order valence-corrected chi connectivity index (χ4v) is 1.79. The molecule has 0 aromatic heterocycles. The third-order valence-corrected chi connectivity index (χ3v) is 2.63. The molecule has 0 aliphatic carbocycles. The van der Waals surface area contributed by atoms with Gasteiger partial charge in [-0.2, -0.15) is 0 Å². The van der Waals surface area contributed by atoms with Gasteiger partial charge in [-0.25, -0.2) is 0 Å². The number of carbonyl (C=O) groups is 1. The van der Waals surface area contributed by atoms with Gasteiger partial charge in [-0.3, -0.25) is 4.79 Å². The second-order valence-electron chi connectivity index (χ2n) is 3.44. The number of hydrogen-bond donors (Lipinski definition) is 2. The second kappa shape index (κ2) is 3.59. The Balaban J connectivity index is 2.38. The predicted molar refractivity (Wildman–Crippen MR) is 55.0 cm³/mol. The van der Waals surface area contributed by atoms with Gasteiger partial charge in [0.25, 0.3) is 0 Å². The zero-order chi connectivity index (χ0) is 10.1. The van der Waals surface area contributed by atoms with Gasteiger partial charge in [0, 0.05) is 11.6 Å². The van der Waals surface area contributed by atoms with E-state index < -0.39 is 6.04 Å². The van der Waals surface area contributed by atoms with Crippen LogP contribution in [0.1, 0.15) is 11.1 Å². The van der Waals surface area contributed by atoms with Gasteiger partial charge in [0.05, 0.1) is 6.04 Å². The van der Waals surface area contributed by atoms with Gasteiger partial charge in [0.1, 0.15) is 0 Å². The summed E-state index contributed by atoms with van der Waals surface area (Å²) in [6.45, 7) is 0.541. The third kappa shape index (κ3) is 1.74. The van der Waals surface area contributed by atoms with E-state index in [2.05, 4.69) is 5.32 Å². The van der Waals surface area contributed by atoms with E-state index in [-0.39, 0.29) is 5.91 Å². The van der Waals surface area contributed by atoms with Crippen molar-refractivity contribution in [3.8, 4) is 0 Å². The van der Waals surface area contributed by atoms with Crippen molar-refractivity contribution >= 4 is 17.5 Å². The molecule has 14 heavy (non-hydrogen) atoms. The van der Waals surface area contributed by atoms with Crippen LogP contribution in [0.5, 0.6) is 0 Å². The summed E-state index contributed by atoms with van der Waals surface area (Å²) >= 11 is 5.87. The first-order chi connectivity index (χ1) is 6.66. The summed E-state index contributed by atoms with van der Waals surface area (Å²) < 4.78 is 0. The molecule has 1 atom stereocenters.